The van der Waals surface area contributed by atoms with E-state index in [2.05, 4.69) is 4.98 Å². The molecule has 0 fully saturated rings. The fourth-order valence-corrected chi connectivity index (χ4v) is 1.04. The summed E-state index contributed by atoms with van der Waals surface area (Å²) in [6.07, 6.45) is 0.389. The molecule has 1 heterocycles. The number of hydrogen-bond donors (Lipinski definition) is 1. The van der Waals surface area contributed by atoms with Crippen LogP contribution in [0.5, 0.6) is 0 Å². The van der Waals surface area contributed by atoms with Crippen molar-refractivity contribution in [2.45, 2.75) is 13.0 Å². The second-order valence-corrected chi connectivity index (χ2v) is 2.78. The molecule has 4 heteroatoms. The number of halogens is 1. The van der Waals surface area contributed by atoms with Gasteiger partial charge >= 0.3 is 0 Å². The van der Waals surface area contributed by atoms with Gasteiger partial charge in [0.1, 0.15) is 5.15 Å². The number of hydrogen-bond acceptors (Lipinski definition) is 3. The second kappa shape index (κ2) is 3.53. The van der Waals surface area contributed by atoms with Gasteiger partial charge in [0.15, 0.2) is 6.10 Å². The molecule has 1 unspecified atom stereocenters. The molecule has 62 valence electrons. The van der Waals surface area contributed by atoms with E-state index >= 15 is 0 Å². The van der Waals surface area contributed by atoms with Crippen LogP contribution < -0.4 is 0 Å². The number of rotatable bonds is 1. The van der Waals surface area contributed by atoms with Crippen LogP contribution in [0.3, 0.4) is 0 Å². The highest BCUT2D eigenvalue weighted by molar-refractivity contribution is 6.30. The van der Waals surface area contributed by atoms with Gasteiger partial charge in [-0.25, -0.2) is 4.98 Å². The van der Waals surface area contributed by atoms with E-state index in [1.807, 2.05) is 6.92 Å². The van der Waals surface area contributed by atoms with Crippen molar-refractivity contribution in [1.82, 2.24) is 4.98 Å². The lowest BCUT2D eigenvalue weighted by atomic mass is 10.1. The molecule has 0 saturated heterocycles. The van der Waals surface area contributed by atoms with Gasteiger partial charge in [-0.2, -0.15) is 5.26 Å². The molecule has 1 aromatic heterocycles. The molecule has 1 N–H and O–H groups in total. The molecular formula is C8H7ClN2O. The van der Waals surface area contributed by atoms with Gasteiger partial charge in [0.25, 0.3) is 0 Å². The Balaban J connectivity index is 3.15. The van der Waals surface area contributed by atoms with E-state index in [-0.39, 0.29) is 5.15 Å². The van der Waals surface area contributed by atoms with Crippen molar-refractivity contribution < 1.29 is 5.11 Å². The van der Waals surface area contributed by atoms with E-state index in [0.717, 1.165) is 5.56 Å². The van der Waals surface area contributed by atoms with Crippen LogP contribution >= 0.6 is 11.6 Å². The SMILES string of the molecule is Cc1cnc(Cl)c(C(O)C#N)c1. The summed E-state index contributed by atoms with van der Waals surface area (Å²) in [5.41, 5.74) is 1.22. The Kier molecular flexibility index (Phi) is 2.64. The van der Waals surface area contributed by atoms with Crippen LogP contribution in [-0.2, 0) is 0 Å². The number of aliphatic hydroxyl groups is 1. The van der Waals surface area contributed by atoms with E-state index < -0.39 is 6.10 Å². The Hall–Kier alpha value is -1.11. The summed E-state index contributed by atoms with van der Waals surface area (Å²) in [6.45, 7) is 1.82. The molecule has 0 aliphatic carbocycles. The lowest BCUT2D eigenvalue weighted by Crippen LogP contribution is -1.96. The average molecular weight is 183 g/mol. The van der Waals surface area contributed by atoms with Crippen LogP contribution in [0.1, 0.15) is 17.2 Å². The first kappa shape index (κ1) is 8.98. The number of aliphatic hydroxyl groups excluding tert-OH is 1. The Morgan fingerprint density at radius 1 is 1.75 bits per heavy atom. The Bertz CT molecular complexity index is 332. The topological polar surface area (TPSA) is 56.9 Å². The van der Waals surface area contributed by atoms with Gasteiger partial charge in [-0.1, -0.05) is 11.6 Å². The van der Waals surface area contributed by atoms with Crippen LogP contribution in [0.25, 0.3) is 0 Å². The summed E-state index contributed by atoms with van der Waals surface area (Å²) in [5, 5.41) is 17.7. The Morgan fingerprint density at radius 3 is 3.00 bits per heavy atom. The van der Waals surface area contributed by atoms with Crippen molar-refractivity contribution in [3.05, 3.63) is 28.5 Å². The molecule has 0 amide bonds. The molecule has 0 aliphatic heterocycles. The fourth-order valence-electron chi connectivity index (χ4n) is 0.836. The second-order valence-electron chi connectivity index (χ2n) is 2.42. The van der Waals surface area contributed by atoms with Gasteiger partial charge in [0.2, 0.25) is 0 Å². The molecular weight excluding hydrogens is 176 g/mol. The normalized spacial score (nSPS) is 12.2. The first-order chi connectivity index (χ1) is 5.65. The smallest absolute Gasteiger partial charge is 0.168 e. The quantitative estimate of drug-likeness (QED) is 0.530. The minimum absolute atomic E-state index is 0.176. The largest absolute Gasteiger partial charge is 0.374 e. The first-order valence-electron chi connectivity index (χ1n) is 3.35. The molecule has 0 radical (unpaired) electrons. The molecule has 1 atom stereocenters. The molecule has 3 nitrogen and oxygen atoms in total. The van der Waals surface area contributed by atoms with Gasteiger partial charge in [-0.05, 0) is 18.6 Å². The summed E-state index contributed by atoms with van der Waals surface area (Å²) in [6, 6.07) is 3.32. The third kappa shape index (κ3) is 1.73. The summed E-state index contributed by atoms with van der Waals surface area (Å²) in [4.78, 5) is 3.80. The van der Waals surface area contributed by atoms with E-state index in [9.17, 15) is 0 Å². The van der Waals surface area contributed by atoms with Crippen LogP contribution in [0.4, 0.5) is 0 Å². The highest BCUT2D eigenvalue weighted by atomic mass is 35.5. The number of pyridine rings is 1. The predicted molar refractivity (Wildman–Crippen MR) is 44.6 cm³/mol. The van der Waals surface area contributed by atoms with Crippen LogP contribution in [0, 0.1) is 18.3 Å². The summed E-state index contributed by atoms with van der Waals surface area (Å²) in [5.74, 6) is 0. The van der Waals surface area contributed by atoms with Crippen LogP contribution in [-0.4, -0.2) is 10.1 Å². The highest BCUT2D eigenvalue weighted by Crippen LogP contribution is 2.20. The Labute approximate surface area is 75.2 Å². The maximum absolute atomic E-state index is 9.15. The van der Waals surface area contributed by atoms with Gasteiger partial charge in [0.05, 0.1) is 6.07 Å². The third-order valence-electron chi connectivity index (χ3n) is 1.42. The Morgan fingerprint density at radius 2 is 2.42 bits per heavy atom. The number of aromatic nitrogens is 1. The standard InChI is InChI=1S/C8H7ClN2O/c1-5-2-6(7(12)3-10)8(9)11-4-5/h2,4,7,12H,1H3. The lowest BCUT2D eigenvalue weighted by Gasteiger charge is -2.04. The highest BCUT2D eigenvalue weighted by Gasteiger charge is 2.10. The monoisotopic (exact) mass is 182 g/mol. The molecule has 0 saturated carbocycles. The summed E-state index contributed by atoms with van der Waals surface area (Å²) >= 11 is 5.65. The van der Waals surface area contributed by atoms with Crippen molar-refractivity contribution in [3.8, 4) is 6.07 Å². The minimum Gasteiger partial charge on any atom is -0.374 e. The summed E-state index contributed by atoms with van der Waals surface area (Å²) < 4.78 is 0. The fraction of sp³-hybridized carbons (Fsp3) is 0.250. The van der Waals surface area contributed by atoms with Crippen molar-refractivity contribution in [1.29, 1.82) is 5.26 Å². The molecule has 0 aliphatic rings. The van der Waals surface area contributed by atoms with E-state index in [0.29, 0.717) is 5.56 Å². The maximum Gasteiger partial charge on any atom is 0.168 e. The number of nitriles is 1. The van der Waals surface area contributed by atoms with Crippen molar-refractivity contribution >= 4 is 11.6 Å². The van der Waals surface area contributed by atoms with Crippen LogP contribution in [0.15, 0.2) is 12.3 Å². The zero-order chi connectivity index (χ0) is 9.14. The molecule has 12 heavy (non-hydrogen) atoms. The molecule has 1 rings (SSSR count). The maximum atomic E-state index is 9.15. The summed E-state index contributed by atoms with van der Waals surface area (Å²) in [7, 11) is 0. The average Bonchev–Trinajstić information content (AvgIpc) is 2.08. The third-order valence-corrected chi connectivity index (χ3v) is 1.74. The van der Waals surface area contributed by atoms with Gasteiger partial charge in [-0.15, -0.1) is 0 Å². The number of aryl methyl sites for hydroxylation is 1. The minimum atomic E-state index is -1.19. The first-order valence-corrected chi connectivity index (χ1v) is 3.72. The zero-order valence-corrected chi connectivity index (χ0v) is 7.21. The van der Waals surface area contributed by atoms with Crippen LogP contribution in [0.2, 0.25) is 5.15 Å². The van der Waals surface area contributed by atoms with Gasteiger partial charge in [-0.3, -0.25) is 0 Å². The van der Waals surface area contributed by atoms with Gasteiger partial charge < -0.3 is 5.11 Å². The van der Waals surface area contributed by atoms with Gasteiger partial charge in [0, 0.05) is 11.8 Å². The molecule has 0 aromatic carbocycles. The predicted octanol–water partition coefficient (Wildman–Crippen LogP) is 1.60. The van der Waals surface area contributed by atoms with Crippen molar-refractivity contribution in [3.63, 3.8) is 0 Å². The van der Waals surface area contributed by atoms with Crippen molar-refractivity contribution in [2.24, 2.45) is 0 Å². The molecule has 1 aromatic rings. The molecule has 0 bridgehead atoms. The van der Waals surface area contributed by atoms with E-state index in [4.69, 9.17) is 22.0 Å². The molecule has 0 spiro atoms. The zero-order valence-electron chi connectivity index (χ0n) is 6.45. The van der Waals surface area contributed by atoms with E-state index in [1.165, 1.54) is 0 Å². The lowest BCUT2D eigenvalue weighted by molar-refractivity contribution is 0.235. The number of nitrogens with zero attached hydrogens (tertiary/aromatic N) is 2. The van der Waals surface area contributed by atoms with Crippen molar-refractivity contribution in [2.75, 3.05) is 0 Å². The van der Waals surface area contributed by atoms with E-state index in [1.54, 1.807) is 18.3 Å².